The first-order chi connectivity index (χ1) is 16.7. The second kappa shape index (κ2) is 19.5. The van der Waals surface area contributed by atoms with Gasteiger partial charge in [-0.05, 0) is 37.8 Å². The van der Waals surface area contributed by atoms with Crippen molar-refractivity contribution in [1.29, 1.82) is 0 Å². The molecule has 2 rings (SSSR count). The lowest BCUT2D eigenvalue weighted by Gasteiger charge is -2.04. The second-order valence-corrected chi connectivity index (χ2v) is 7.52. The zero-order valence-electron chi connectivity index (χ0n) is 20.2. The van der Waals surface area contributed by atoms with E-state index in [9.17, 15) is 19.2 Å². The molecule has 0 saturated heterocycles. The van der Waals surface area contributed by atoms with E-state index in [4.69, 9.17) is 43.4 Å². The van der Waals surface area contributed by atoms with Gasteiger partial charge in [-0.25, -0.2) is 0 Å². The molecule has 0 amide bonds. The molecule has 36 heavy (non-hydrogen) atoms. The molecule has 4 atom stereocenters. The van der Waals surface area contributed by atoms with Crippen LogP contribution in [0.3, 0.4) is 0 Å². The highest BCUT2D eigenvalue weighted by molar-refractivity contribution is 5.74. The highest BCUT2D eigenvalue weighted by Gasteiger charge is 2.11. The molecule has 0 unspecified atom stereocenters. The Morgan fingerprint density at radius 1 is 0.556 bits per heavy atom. The molecule has 12 nitrogen and oxygen atoms in total. The monoisotopic (exact) mass is 508 g/mol. The molecule has 2 aromatic carbocycles. The molecule has 0 spiro atoms. The largest absolute Gasteiger partial charge is 0.480 e. The zero-order chi connectivity index (χ0) is 28.3. The summed E-state index contributed by atoms with van der Waals surface area (Å²) in [6.07, 6.45) is 0.770. The van der Waals surface area contributed by atoms with Gasteiger partial charge < -0.3 is 43.4 Å². The van der Waals surface area contributed by atoms with Crippen molar-refractivity contribution in [2.45, 2.75) is 50.9 Å². The van der Waals surface area contributed by atoms with Gasteiger partial charge in [0.15, 0.2) is 0 Å². The molecule has 0 radical (unpaired) electrons. The first kappa shape index (κ1) is 34.3. The van der Waals surface area contributed by atoms with Crippen LogP contribution in [0.15, 0.2) is 60.7 Å². The van der Waals surface area contributed by atoms with Crippen molar-refractivity contribution in [1.82, 2.24) is 0 Å². The summed E-state index contributed by atoms with van der Waals surface area (Å²) in [7, 11) is 0. The van der Waals surface area contributed by atoms with E-state index in [1.54, 1.807) is 0 Å². The highest BCUT2D eigenvalue weighted by Crippen LogP contribution is 2.02. The number of carbonyl (C=O) groups is 4. The van der Waals surface area contributed by atoms with Crippen LogP contribution in [-0.2, 0) is 32.0 Å². The summed E-state index contributed by atoms with van der Waals surface area (Å²) in [6.45, 7) is 2.84. The smallest absolute Gasteiger partial charge is 0.320 e. The summed E-state index contributed by atoms with van der Waals surface area (Å²) in [6, 6.07) is 15.6. The van der Waals surface area contributed by atoms with E-state index in [1.807, 2.05) is 60.7 Å². The summed E-state index contributed by atoms with van der Waals surface area (Å²) in [5.74, 6) is -3.84. The Balaban J connectivity index is 0. The fourth-order valence-corrected chi connectivity index (χ4v) is 1.91. The van der Waals surface area contributed by atoms with Crippen molar-refractivity contribution in [3.8, 4) is 0 Å². The van der Waals surface area contributed by atoms with Crippen molar-refractivity contribution in [2.24, 2.45) is 22.9 Å². The first-order valence-corrected chi connectivity index (χ1v) is 10.7. The number of rotatable bonds is 8. The summed E-state index contributed by atoms with van der Waals surface area (Å²) < 4.78 is 0. The van der Waals surface area contributed by atoms with E-state index < -0.39 is 48.0 Å². The molecule has 0 aliphatic heterocycles. The summed E-state index contributed by atoms with van der Waals surface area (Å²) in [4.78, 5) is 39.9. The molecule has 12 heteroatoms. The van der Waals surface area contributed by atoms with E-state index in [0.29, 0.717) is 12.8 Å². The van der Waals surface area contributed by atoms with Crippen LogP contribution in [0.2, 0.25) is 0 Å². The Morgan fingerprint density at radius 3 is 0.944 bits per heavy atom. The number of hydrogen-bond donors (Lipinski definition) is 8. The predicted octanol–water partition coefficient (Wildman–Crippen LogP) is 0.118. The lowest BCUT2D eigenvalue weighted by molar-refractivity contribution is -0.139. The fourth-order valence-electron chi connectivity index (χ4n) is 1.91. The molecule has 12 N–H and O–H groups in total. The van der Waals surface area contributed by atoms with Crippen LogP contribution in [0.1, 0.15) is 25.0 Å². The number of carboxylic acids is 4. The van der Waals surface area contributed by atoms with Crippen molar-refractivity contribution in [3.63, 3.8) is 0 Å². The van der Waals surface area contributed by atoms with Crippen LogP contribution in [0.25, 0.3) is 0 Å². The summed E-state index contributed by atoms with van der Waals surface area (Å²) in [5, 5.41) is 32.8. The normalized spacial score (nSPS) is 12.8. The topological polar surface area (TPSA) is 253 Å². The Labute approximate surface area is 209 Å². The molecule has 0 aromatic heterocycles. The lowest BCUT2D eigenvalue weighted by atomic mass is 10.1. The van der Waals surface area contributed by atoms with Crippen LogP contribution >= 0.6 is 0 Å². The maximum Gasteiger partial charge on any atom is 0.320 e. The number of benzene rings is 2. The van der Waals surface area contributed by atoms with Gasteiger partial charge in [-0.3, -0.25) is 19.2 Å². The van der Waals surface area contributed by atoms with Crippen LogP contribution in [0, 0.1) is 0 Å². The summed E-state index contributed by atoms with van der Waals surface area (Å²) >= 11 is 0. The van der Waals surface area contributed by atoms with Crippen molar-refractivity contribution in [3.05, 3.63) is 71.8 Å². The molecule has 2 aromatic rings. The predicted molar refractivity (Wildman–Crippen MR) is 134 cm³/mol. The average molecular weight is 509 g/mol. The average Bonchev–Trinajstić information content (AvgIpc) is 2.81. The van der Waals surface area contributed by atoms with E-state index in [0.717, 1.165) is 11.1 Å². The van der Waals surface area contributed by atoms with Crippen LogP contribution in [0.5, 0.6) is 0 Å². The Bertz CT molecular complexity index is 833. The van der Waals surface area contributed by atoms with E-state index in [1.165, 1.54) is 13.8 Å². The third-order valence-corrected chi connectivity index (χ3v) is 4.01. The standard InChI is InChI=1S/2C9H11NO2.2C3H7NO2/c2*10-8(9(11)12)6-7-4-2-1-3-5-7;2*1-2(4)3(5)6/h2*1-5,8H,6,10H2,(H,11,12);2*2H,4H2,1H3,(H,5,6)/t2*8-;2*2-/m0000/s1. The van der Waals surface area contributed by atoms with Gasteiger partial charge in [0.05, 0.1) is 0 Å². The quantitative estimate of drug-likeness (QED) is 0.236. The molecule has 0 aliphatic rings. The van der Waals surface area contributed by atoms with Gasteiger partial charge in [0.25, 0.3) is 0 Å². The SMILES string of the molecule is C[C@H](N)C(=O)O.C[C@H](N)C(=O)O.N[C@@H](Cc1ccccc1)C(=O)O.N[C@@H](Cc1ccccc1)C(=O)O. The van der Waals surface area contributed by atoms with Gasteiger partial charge in [0.2, 0.25) is 0 Å². The zero-order valence-corrected chi connectivity index (χ0v) is 20.2. The number of hydrogen-bond acceptors (Lipinski definition) is 8. The van der Waals surface area contributed by atoms with E-state index in [2.05, 4.69) is 0 Å². The van der Waals surface area contributed by atoms with Gasteiger partial charge >= 0.3 is 23.9 Å². The minimum absolute atomic E-state index is 0.385. The molecule has 0 fully saturated rings. The summed E-state index contributed by atoms with van der Waals surface area (Å²) in [5.41, 5.74) is 22.3. The van der Waals surface area contributed by atoms with Gasteiger partial charge in [-0.15, -0.1) is 0 Å². The van der Waals surface area contributed by atoms with Crippen molar-refractivity contribution < 1.29 is 39.6 Å². The third-order valence-electron chi connectivity index (χ3n) is 4.01. The second-order valence-electron chi connectivity index (χ2n) is 7.52. The highest BCUT2D eigenvalue weighted by atomic mass is 16.4. The van der Waals surface area contributed by atoms with E-state index in [-0.39, 0.29) is 0 Å². The Hall–Kier alpha value is -3.84. The van der Waals surface area contributed by atoms with Gasteiger partial charge in [-0.1, -0.05) is 60.7 Å². The lowest BCUT2D eigenvalue weighted by Crippen LogP contribution is -2.32. The molecule has 0 bridgehead atoms. The number of carboxylic acid groups (broad SMARTS) is 4. The maximum atomic E-state index is 10.4. The van der Waals surface area contributed by atoms with Crippen LogP contribution in [0.4, 0.5) is 0 Å². The third kappa shape index (κ3) is 19.6. The van der Waals surface area contributed by atoms with Crippen molar-refractivity contribution in [2.75, 3.05) is 0 Å². The Morgan fingerprint density at radius 2 is 0.778 bits per heavy atom. The van der Waals surface area contributed by atoms with Crippen LogP contribution < -0.4 is 22.9 Å². The Kier molecular flexibility index (Phi) is 18.6. The van der Waals surface area contributed by atoms with Gasteiger partial charge in [0, 0.05) is 0 Å². The molecule has 0 heterocycles. The number of nitrogens with two attached hydrogens (primary N) is 4. The van der Waals surface area contributed by atoms with Crippen LogP contribution in [-0.4, -0.2) is 68.5 Å². The van der Waals surface area contributed by atoms with Gasteiger partial charge in [-0.2, -0.15) is 0 Å². The first-order valence-electron chi connectivity index (χ1n) is 10.7. The van der Waals surface area contributed by atoms with Crippen molar-refractivity contribution >= 4 is 23.9 Å². The van der Waals surface area contributed by atoms with E-state index >= 15 is 0 Å². The number of aliphatic carboxylic acids is 4. The minimum atomic E-state index is -0.963. The maximum absolute atomic E-state index is 10.4. The fraction of sp³-hybridized carbons (Fsp3) is 0.333. The minimum Gasteiger partial charge on any atom is -0.480 e. The molecule has 0 aliphatic carbocycles. The molecule has 0 saturated carbocycles. The molecule has 200 valence electrons. The molecular formula is C24H36N4O8. The molecular weight excluding hydrogens is 472 g/mol. The van der Waals surface area contributed by atoms with Gasteiger partial charge in [0.1, 0.15) is 24.2 Å².